The number of pyridine rings is 1. The van der Waals surface area contributed by atoms with Crippen molar-refractivity contribution >= 4 is 39.9 Å². The van der Waals surface area contributed by atoms with Gasteiger partial charge in [0.1, 0.15) is 5.82 Å². The fourth-order valence-electron chi connectivity index (χ4n) is 2.40. The molecule has 120 valence electrons. The lowest BCUT2D eigenvalue weighted by Crippen LogP contribution is -2.21. The van der Waals surface area contributed by atoms with Crippen LogP contribution in [0.25, 0.3) is 10.8 Å². The van der Waals surface area contributed by atoms with E-state index in [1.54, 1.807) is 12.1 Å². The smallest absolute Gasteiger partial charge is 0.324 e. The SMILES string of the molecule is NC(=O)c1ccnc(NC(=O)Nc2cccc3cccc(N)c23)c1. The Labute approximate surface area is 137 Å². The van der Waals surface area contributed by atoms with Gasteiger partial charge in [-0.05, 0) is 29.7 Å². The van der Waals surface area contributed by atoms with Crippen LogP contribution in [0, 0.1) is 0 Å². The monoisotopic (exact) mass is 321 g/mol. The number of nitrogens with two attached hydrogens (primary N) is 2. The Hall–Kier alpha value is -3.61. The molecule has 7 heteroatoms. The maximum absolute atomic E-state index is 12.2. The number of hydrogen-bond acceptors (Lipinski definition) is 4. The highest BCUT2D eigenvalue weighted by molar-refractivity contribution is 6.09. The first-order valence-electron chi connectivity index (χ1n) is 7.15. The lowest BCUT2D eigenvalue weighted by molar-refractivity contribution is 0.1000. The third-order valence-electron chi connectivity index (χ3n) is 3.47. The van der Waals surface area contributed by atoms with Crippen LogP contribution in [-0.2, 0) is 0 Å². The fourth-order valence-corrected chi connectivity index (χ4v) is 2.40. The quantitative estimate of drug-likeness (QED) is 0.553. The first kappa shape index (κ1) is 15.3. The molecule has 0 spiro atoms. The van der Waals surface area contributed by atoms with Crippen LogP contribution in [0.2, 0.25) is 0 Å². The highest BCUT2D eigenvalue weighted by Gasteiger charge is 2.09. The molecule has 24 heavy (non-hydrogen) atoms. The Kier molecular flexibility index (Phi) is 3.98. The average Bonchev–Trinajstić information content (AvgIpc) is 2.55. The van der Waals surface area contributed by atoms with Gasteiger partial charge in [-0.15, -0.1) is 0 Å². The summed E-state index contributed by atoms with van der Waals surface area (Å²) in [7, 11) is 0. The Morgan fingerprint density at radius 2 is 1.75 bits per heavy atom. The number of amides is 3. The van der Waals surface area contributed by atoms with E-state index < -0.39 is 11.9 Å². The van der Waals surface area contributed by atoms with E-state index in [2.05, 4.69) is 15.6 Å². The van der Waals surface area contributed by atoms with E-state index in [0.717, 1.165) is 10.8 Å². The third-order valence-corrected chi connectivity index (χ3v) is 3.47. The highest BCUT2D eigenvalue weighted by Crippen LogP contribution is 2.28. The molecule has 3 aromatic rings. The second-order valence-electron chi connectivity index (χ2n) is 5.12. The number of rotatable bonds is 3. The van der Waals surface area contributed by atoms with Gasteiger partial charge in [0.25, 0.3) is 0 Å². The topological polar surface area (TPSA) is 123 Å². The molecular weight excluding hydrogens is 306 g/mol. The van der Waals surface area contributed by atoms with E-state index in [0.29, 0.717) is 11.4 Å². The second-order valence-corrected chi connectivity index (χ2v) is 5.12. The number of carbonyl (C=O) groups is 2. The zero-order valence-electron chi connectivity index (χ0n) is 12.6. The van der Waals surface area contributed by atoms with Crippen LogP contribution < -0.4 is 22.1 Å². The fraction of sp³-hybridized carbons (Fsp3) is 0. The van der Waals surface area contributed by atoms with Crippen molar-refractivity contribution < 1.29 is 9.59 Å². The molecule has 0 bridgehead atoms. The molecule has 3 amide bonds. The molecule has 1 aromatic heterocycles. The van der Waals surface area contributed by atoms with Crippen molar-refractivity contribution in [1.82, 2.24) is 4.98 Å². The molecule has 0 atom stereocenters. The largest absolute Gasteiger partial charge is 0.398 e. The van der Waals surface area contributed by atoms with Crippen molar-refractivity contribution in [2.24, 2.45) is 5.73 Å². The molecule has 0 aliphatic rings. The maximum Gasteiger partial charge on any atom is 0.324 e. The van der Waals surface area contributed by atoms with Crippen LogP contribution in [0.15, 0.2) is 54.7 Å². The lowest BCUT2D eigenvalue weighted by atomic mass is 10.1. The molecule has 0 saturated carbocycles. The normalized spacial score (nSPS) is 10.3. The molecule has 6 N–H and O–H groups in total. The van der Waals surface area contributed by atoms with Crippen molar-refractivity contribution in [3.8, 4) is 0 Å². The van der Waals surface area contributed by atoms with E-state index in [1.807, 2.05) is 24.3 Å². The number of nitrogens with zero attached hydrogens (tertiary/aromatic N) is 1. The van der Waals surface area contributed by atoms with Crippen molar-refractivity contribution in [2.75, 3.05) is 16.4 Å². The first-order valence-corrected chi connectivity index (χ1v) is 7.15. The van der Waals surface area contributed by atoms with Crippen LogP contribution in [0.3, 0.4) is 0 Å². The van der Waals surface area contributed by atoms with E-state index in [9.17, 15) is 9.59 Å². The van der Waals surface area contributed by atoms with Gasteiger partial charge < -0.3 is 16.8 Å². The molecule has 7 nitrogen and oxygen atoms in total. The van der Waals surface area contributed by atoms with Crippen LogP contribution in [0.1, 0.15) is 10.4 Å². The Bertz CT molecular complexity index is 934. The number of aromatic nitrogens is 1. The number of nitrogens with one attached hydrogen (secondary N) is 2. The Morgan fingerprint density at radius 3 is 2.50 bits per heavy atom. The van der Waals surface area contributed by atoms with Gasteiger partial charge >= 0.3 is 6.03 Å². The van der Waals surface area contributed by atoms with Gasteiger partial charge in [-0.3, -0.25) is 10.1 Å². The minimum atomic E-state index is -0.595. The number of benzene rings is 2. The molecular formula is C17H15N5O2. The van der Waals surface area contributed by atoms with E-state index >= 15 is 0 Å². The zero-order valence-corrected chi connectivity index (χ0v) is 12.6. The van der Waals surface area contributed by atoms with Gasteiger partial charge in [0.15, 0.2) is 0 Å². The summed E-state index contributed by atoms with van der Waals surface area (Å²) in [6.07, 6.45) is 1.39. The van der Waals surface area contributed by atoms with E-state index in [-0.39, 0.29) is 11.4 Å². The minimum Gasteiger partial charge on any atom is -0.398 e. The summed E-state index contributed by atoms with van der Waals surface area (Å²) < 4.78 is 0. The molecule has 2 aromatic carbocycles. The van der Waals surface area contributed by atoms with Gasteiger partial charge in [0, 0.05) is 22.8 Å². The van der Waals surface area contributed by atoms with Gasteiger partial charge in [-0.2, -0.15) is 0 Å². The zero-order chi connectivity index (χ0) is 17.1. The summed E-state index contributed by atoms with van der Waals surface area (Å²) in [4.78, 5) is 27.3. The molecule has 3 rings (SSSR count). The van der Waals surface area contributed by atoms with Crippen molar-refractivity contribution in [2.45, 2.75) is 0 Å². The summed E-state index contributed by atoms with van der Waals surface area (Å²) in [5.74, 6) is -0.375. The highest BCUT2D eigenvalue weighted by atomic mass is 16.2. The summed E-state index contributed by atoms with van der Waals surface area (Å²) >= 11 is 0. The maximum atomic E-state index is 12.2. The molecule has 0 saturated heterocycles. The molecule has 0 unspecified atom stereocenters. The molecule has 1 heterocycles. The van der Waals surface area contributed by atoms with E-state index in [4.69, 9.17) is 11.5 Å². The third kappa shape index (κ3) is 3.09. The van der Waals surface area contributed by atoms with Crippen molar-refractivity contribution in [1.29, 1.82) is 0 Å². The summed E-state index contributed by atoms with van der Waals surface area (Å²) in [5, 5.41) is 6.97. The van der Waals surface area contributed by atoms with Crippen LogP contribution >= 0.6 is 0 Å². The number of hydrogen-bond donors (Lipinski definition) is 4. The Morgan fingerprint density at radius 1 is 1.00 bits per heavy atom. The molecule has 0 radical (unpaired) electrons. The number of fused-ring (bicyclic) bond motifs is 1. The predicted octanol–water partition coefficient (Wildman–Crippen LogP) is 2.56. The lowest BCUT2D eigenvalue weighted by Gasteiger charge is -2.11. The van der Waals surface area contributed by atoms with Gasteiger partial charge in [0.05, 0.1) is 5.69 Å². The predicted molar refractivity (Wildman–Crippen MR) is 93.8 cm³/mol. The average molecular weight is 321 g/mol. The second kappa shape index (κ2) is 6.25. The molecule has 0 fully saturated rings. The Balaban J connectivity index is 1.83. The van der Waals surface area contributed by atoms with Gasteiger partial charge in [-0.1, -0.05) is 24.3 Å². The van der Waals surface area contributed by atoms with Gasteiger partial charge in [0.2, 0.25) is 5.91 Å². The summed E-state index contributed by atoms with van der Waals surface area (Å²) in [5.41, 5.74) is 12.6. The van der Waals surface area contributed by atoms with E-state index in [1.165, 1.54) is 18.3 Å². The number of primary amides is 1. The number of urea groups is 1. The first-order chi connectivity index (χ1) is 11.5. The minimum absolute atomic E-state index is 0.219. The standard InChI is InChI=1S/C17H15N5O2/c18-12-5-1-3-10-4-2-6-13(15(10)12)21-17(24)22-14-9-11(16(19)23)7-8-20-14/h1-9H,18H2,(H2,19,23)(H2,20,21,22,24). The summed E-state index contributed by atoms with van der Waals surface area (Å²) in [6.45, 7) is 0. The molecule has 0 aliphatic carbocycles. The number of anilines is 3. The number of carbonyl (C=O) groups excluding carboxylic acids is 2. The van der Waals surface area contributed by atoms with Crippen molar-refractivity contribution in [3.05, 3.63) is 60.3 Å². The van der Waals surface area contributed by atoms with Crippen LogP contribution in [-0.4, -0.2) is 16.9 Å². The molecule has 0 aliphatic heterocycles. The van der Waals surface area contributed by atoms with Crippen molar-refractivity contribution in [3.63, 3.8) is 0 Å². The number of nitrogen functional groups attached to an aromatic ring is 1. The van der Waals surface area contributed by atoms with Crippen LogP contribution in [0.5, 0.6) is 0 Å². The van der Waals surface area contributed by atoms with Gasteiger partial charge in [-0.25, -0.2) is 9.78 Å². The summed E-state index contributed by atoms with van der Waals surface area (Å²) in [6, 6.07) is 13.4. The van der Waals surface area contributed by atoms with Crippen LogP contribution in [0.4, 0.5) is 22.0 Å².